The van der Waals surface area contributed by atoms with Crippen molar-refractivity contribution in [1.82, 2.24) is 14.5 Å². The van der Waals surface area contributed by atoms with Crippen LogP contribution in [0.15, 0.2) is 45.8 Å². The van der Waals surface area contributed by atoms with Crippen LogP contribution in [0.5, 0.6) is 5.75 Å². The van der Waals surface area contributed by atoms with E-state index < -0.39 is 40.2 Å². The number of thioether (sulfide) groups is 1. The van der Waals surface area contributed by atoms with Crippen molar-refractivity contribution in [3.63, 3.8) is 0 Å². The predicted octanol–water partition coefficient (Wildman–Crippen LogP) is 5.37. The van der Waals surface area contributed by atoms with E-state index in [0.717, 1.165) is 51.9 Å². The van der Waals surface area contributed by atoms with Crippen molar-refractivity contribution in [2.75, 3.05) is 0 Å². The van der Waals surface area contributed by atoms with Crippen molar-refractivity contribution in [3.8, 4) is 11.4 Å². The van der Waals surface area contributed by atoms with Gasteiger partial charge in [-0.1, -0.05) is 23.9 Å². The van der Waals surface area contributed by atoms with Gasteiger partial charge in [0.05, 0.1) is 11.2 Å². The van der Waals surface area contributed by atoms with E-state index in [-0.39, 0.29) is 32.5 Å². The van der Waals surface area contributed by atoms with Crippen molar-refractivity contribution in [2.24, 2.45) is 0 Å². The van der Waals surface area contributed by atoms with Gasteiger partial charge in [0.2, 0.25) is 0 Å². The van der Waals surface area contributed by atoms with Gasteiger partial charge in [0.25, 0.3) is 11.5 Å². The molecule has 0 radical (unpaired) electrons. The summed E-state index contributed by atoms with van der Waals surface area (Å²) in [5, 5.41) is 9.30. The van der Waals surface area contributed by atoms with E-state index in [2.05, 4.69) is 9.97 Å². The molecule has 32 heavy (non-hydrogen) atoms. The van der Waals surface area contributed by atoms with Crippen LogP contribution in [0.3, 0.4) is 0 Å². The summed E-state index contributed by atoms with van der Waals surface area (Å²) >= 11 is 1.83. The van der Waals surface area contributed by atoms with Crippen LogP contribution < -0.4 is 5.56 Å². The van der Waals surface area contributed by atoms with Crippen molar-refractivity contribution >= 4 is 33.4 Å². The molecule has 0 spiro atoms. The summed E-state index contributed by atoms with van der Waals surface area (Å²) < 4.78 is 70.1. The summed E-state index contributed by atoms with van der Waals surface area (Å²) in [4.78, 5) is 21.2. The smallest absolute Gasteiger partial charge is 0.278 e. The largest absolute Gasteiger partial charge is 0.503 e. The third-order valence-corrected chi connectivity index (χ3v) is 6.31. The van der Waals surface area contributed by atoms with Gasteiger partial charge >= 0.3 is 0 Å². The molecule has 0 unspecified atom stereocenters. The van der Waals surface area contributed by atoms with Crippen LogP contribution in [0.4, 0.5) is 22.0 Å². The van der Waals surface area contributed by atoms with E-state index >= 15 is 0 Å². The number of benzene rings is 2. The molecule has 0 fully saturated rings. The number of thiazole rings is 1. The number of hydrogen-bond donors (Lipinski definition) is 1. The molecule has 0 aliphatic heterocycles. The van der Waals surface area contributed by atoms with E-state index in [9.17, 15) is 31.9 Å². The molecule has 4 aromatic rings. The van der Waals surface area contributed by atoms with E-state index in [1.54, 1.807) is 0 Å². The van der Waals surface area contributed by atoms with Gasteiger partial charge < -0.3 is 5.11 Å². The van der Waals surface area contributed by atoms with Crippen LogP contribution in [-0.2, 0) is 11.7 Å². The molecule has 0 aliphatic carbocycles. The standard InChI is InChI=1S/C20H12F5N3O2S2/c1-20(24,25)10-3-2-9(12(21)4-10)7-31-19-27-17-16(32-8-26-17)18(30)28(19)11-5-13(22)15(29)14(23)6-11/h2-6,8,29H,7H2,1H3. The zero-order valence-corrected chi connectivity index (χ0v) is 17.7. The van der Waals surface area contributed by atoms with Crippen LogP contribution in [-0.4, -0.2) is 19.6 Å². The Morgan fingerprint density at radius 1 is 1.12 bits per heavy atom. The fourth-order valence-corrected chi connectivity index (χ4v) is 4.52. The maximum absolute atomic E-state index is 14.4. The number of fused-ring (bicyclic) bond motifs is 1. The lowest BCUT2D eigenvalue weighted by Gasteiger charge is -2.14. The quantitative estimate of drug-likeness (QED) is 0.234. The van der Waals surface area contributed by atoms with Gasteiger partial charge in [0, 0.05) is 30.4 Å². The molecular weight excluding hydrogens is 473 g/mol. The normalized spacial score (nSPS) is 11.9. The summed E-state index contributed by atoms with van der Waals surface area (Å²) in [6.07, 6.45) is 0. The summed E-state index contributed by atoms with van der Waals surface area (Å²) in [5.74, 6) is -7.97. The molecule has 12 heteroatoms. The number of aromatic hydroxyl groups is 1. The molecule has 1 N–H and O–H groups in total. The first-order valence-electron chi connectivity index (χ1n) is 8.90. The van der Waals surface area contributed by atoms with Gasteiger partial charge in [-0.25, -0.2) is 31.9 Å². The number of alkyl halides is 2. The molecule has 0 atom stereocenters. The number of nitrogens with zero attached hydrogens (tertiary/aromatic N) is 3. The summed E-state index contributed by atoms with van der Waals surface area (Å²) in [6.45, 7) is 0.651. The van der Waals surface area contributed by atoms with Gasteiger partial charge in [-0.15, -0.1) is 11.3 Å². The Kier molecular flexibility index (Phi) is 5.67. The van der Waals surface area contributed by atoms with Crippen LogP contribution in [0.25, 0.3) is 16.0 Å². The molecule has 0 saturated heterocycles. The molecular formula is C20H12F5N3O2S2. The van der Waals surface area contributed by atoms with E-state index in [0.29, 0.717) is 6.92 Å². The Hall–Kier alpha value is -2.99. The monoisotopic (exact) mass is 485 g/mol. The van der Waals surface area contributed by atoms with Crippen LogP contribution in [0.1, 0.15) is 18.1 Å². The Morgan fingerprint density at radius 2 is 1.81 bits per heavy atom. The molecule has 4 rings (SSSR count). The highest BCUT2D eigenvalue weighted by Gasteiger charge is 2.25. The Bertz CT molecular complexity index is 1380. The van der Waals surface area contributed by atoms with Crippen LogP contribution in [0.2, 0.25) is 0 Å². The average Bonchev–Trinajstić information content (AvgIpc) is 3.19. The zero-order valence-electron chi connectivity index (χ0n) is 16.1. The van der Waals surface area contributed by atoms with Gasteiger partial charge in [-0.2, -0.15) is 0 Å². The first-order valence-corrected chi connectivity index (χ1v) is 10.8. The maximum atomic E-state index is 14.4. The molecule has 0 amide bonds. The number of halogens is 5. The number of aromatic nitrogens is 3. The topological polar surface area (TPSA) is 68.0 Å². The van der Waals surface area contributed by atoms with Gasteiger partial charge in [-0.3, -0.25) is 9.36 Å². The fraction of sp³-hybridized carbons (Fsp3) is 0.150. The lowest BCUT2D eigenvalue weighted by molar-refractivity contribution is 0.0171. The highest BCUT2D eigenvalue weighted by Crippen LogP contribution is 2.31. The second-order valence-corrected chi connectivity index (χ2v) is 8.58. The second kappa shape index (κ2) is 8.17. The number of phenols is 1. The van der Waals surface area contributed by atoms with Gasteiger partial charge in [-0.05, 0) is 11.6 Å². The fourth-order valence-electron chi connectivity index (χ4n) is 2.88. The highest BCUT2D eigenvalue weighted by molar-refractivity contribution is 7.98. The van der Waals surface area contributed by atoms with Crippen LogP contribution in [0, 0.1) is 17.5 Å². The van der Waals surface area contributed by atoms with Gasteiger partial charge in [0.1, 0.15) is 10.5 Å². The lowest BCUT2D eigenvalue weighted by Crippen LogP contribution is -2.21. The minimum atomic E-state index is -3.21. The van der Waals surface area contributed by atoms with Crippen molar-refractivity contribution in [2.45, 2.75) is 23.8 Å². The number of phenolic OH excluding ortho intramolecular Hbond substituents is 1. The molecule has 0 bridgehead atoms. The second-order valence-electron chi connectivity index (χ2n) is 6.78. The first kappa shape index (κ1) is 22.2. The molecule has 0 saturated carbocycles. The third-order valence-electron chi connectivity index (χ3n) is 4.52. The minimum Gasteiger partial charge on any atom is -0.503 e. The first-order chi connectivity index (χ1) is 15.1. The molecule has 0 aliphatic rings. The Balaban J connectivity index is 1.78. The SMILES string of the molecule is CC(F)(F)c1ccc(CSc2nc3ncsc3c(=O)n2-c2cc(F)c(O)c(F)c2)c(F)c1. The molecule has 166 valence electrons. The van der Waals surface area contributed by atoms with E-state index in [4.69, 9.17) is 0 Å². The van der Waals surface area contributed by atoms with Gasteiger partial charge in [0.15, 0.2) is 28.2 Å². The minimum absolute atomic E-state index is 0.0535. The summed E-state index contributed by atoms with van der Waals surface area (Å²) in [6, 6.07) is 4.53. The lowest BCUT2D eigenvalue weighted by atomic mass is 10.1. The zero-order chi connectivity index (χ0) is 23.2. The molecule has 2 heterocycles. The highest BCUT2D eigenvalue weighted by atomic mass is 32.2. The van der Waals surface area contributed by atoms with E-state index in [1.165, 1.54) is 11.6 Å². The number of hydrogen-bond acceptors (Lipinski definition) is 6. The van der Waals surface area contributed by atoms with Crippen molar-refractivity contribution in [1.29, 1.82) is 0 Å². The summed E-state index contributed by atoms with van der Waals surface area (Å²) in [5.41, 5.74) is 0.141. The predicted molar refractivity (Wildman–Crippen MR) is 110 cm³/mol. The average molecular weight is 485 g/mol. The number of rotatable bonds is 5. The Labute approximate surface area is 185 Å². The summed E-state index contributed by atoms with van der Waals surface area (Å²) in [7, 11) is 0. The maximum Gasteiger partial charge on any atom is 0.278 e. The third kappa shape index (κ3) is 4.07. The van der Waals surface area contributed by atoms with Crippen molar-refractivity contribution < 1.29 is 27.1 Å². The molecule has 5 nitrogen and oxygen atoms in total. The van der Waals surface area contributed by atoms with E-state index in [1.807, 2.05) is 0 Å². The van der Waals surface area contributed by atoms with Crippen molar-refractivity contribution in [3.05, 3.63) is 74.8 Å². The molecule has 2 aromatic heterocycles. The van der Waals surface area contributed by atoms with Crippen LogP contribution >= 0.6 is 23.1 Å². The molecule has 2 aromatic carbocycles. The Morgan fingerprint density at radius 3 is 2.44 bits per heavy atom.